The van der Waals surface area contributed by atoms with Crippen LogP contribution in [-0.4, -0.2) is 19.3 Å². The largest absolute Gasteiger partial charge is 0.498 e. The quantitative estimate of drug-likeness (QED) is 0.518. The van der Waals surface area contributed by atoms with E-state index in [1.54, 1.807) is 18.8 Å². The van der Waals surface area contributed by atoms with Crippen molar-refractivity contribution in [2.45, 2.75) is 46.1 Å². The van der Waals surface area contributed by atoms with E-state index in [-0.39, 0.29) is 6.10 Å². The van der Waals surface area contributed by atoms with Crippen LogP contribution < -0.4 is 0 Å². The maximum absolute atomic E-state index is 5.54. The molecule has 18 heavy (non-hydrogen) atoms. The minimum Gasteiger partial charge on any atom is -0.498 e. The second kappa shape index (κ2) is 13.7. The van der Waals surface area contributed by atoms with Crippen LogP contribution in [0.1, 0.15) is 40.0 Å². The molecule has 0 aromatic heterocycles. The molecule has 0 saturated heterocycles. The molecule has 0 unspecified atom stereocenters. The van der Waals surface area contributed by atoms with Crippen LogP contribution in [0.25, 0.3) is 0 Å². The summed E-state index contributed by atoms with van der Waals surface area (Å²) in [5.74, 6) is 0. The Balaban J connectivity index is 3.94. The minimum atomic E-state index is -0.0872. The van der Waals surface area contributed by atoms with Crippen molar-refractivity contribution in [3.8, 4) is 0 Å². The zero-order chi connectivity index (χ0) is 13.5. The van der Waals surface area contributed by atoms with Gasteiger partial charge in [-0.2, -0.15) is 0 Å². The van der Waals surface area contributed by atoms with E-state index in [0.717, 1.165) is 19.3 Å². The number of ether oxygens (including phenoxy) is 3. The van der Waals surface area contributed by atoms with Gasteiger partial charge in [-0.3, -0.25) is 0 Å². The Kier molecular flexibility index (Phi) is 12.6. The van der Waals surface area contributed by atoms with Crippen molar-refractivity contribution in [2.75, 3.05) is 13.2 Å². The summed E-state index contributed by atoms with van der Waals surface area (Å²) in [7, 11) is 0. The molecule has 0 spiro atoms. The van der Waals surface area contributed by atoms with Gasteiger partial charge in [0.15, 0.2) is 6.10 Å². The van der Waals surface area contributed by atoms with Crippen molar-refractivity contribution in [1.29, 1.82) is 0 Å². The molecule has 0 radical (unpaired) electrons. The molecule has 0 saturated carbocycles. The summed E-state index contributed by atoms with van der Waals surface area (Å²) in [6.07, 6.45) is 13.8. The van der Waals surface area contributed by atoms with E-state index in [4.69, 9.17) is 14.2 Å². The second-order valence-corrected chi connectivity index (χ2v) is 3.76. The molecule has 0 N–H and O–H groups in total. The third-order valence-corrected chi connectivity index (χ3v) is 2.02. The van der Waals surface area contributed by atoms with E-state index >= 15 is 0 Å². The molecule has 0 fully saturated rings. The number of allylic oxidation sites excluding steroid dienone is 3. The predicted octanol–water partition coefficient (Wildman–Crippen LogP) is 4.18. The van der Waals surface area contributed by atoms with E-state index in [1.807, 2.05) is 18.2 Å². The van der Waals surface area contributed by atoms with Gasteiger partial charge in [-0.1, -0.05) is 39.0 Å². The van der Waals surface area contributed by atoms with Crippen LogP contribution in [0.5, 0.6) is 0 Å². The van der Waals surface area contributed by atoms with Gasteiger partial charge in [-0.25, -0.2) is 0 Å². The standard InChI is InChI=1S/C15H26O3/c1-4-7-10-16-13-15(18-12-9-6-3)14-17-11-8-5-2/h7-12,15H,4-6,13-14H2,1-3H3/b10-7+,11-8+,12-9+. The molecule has 0 bridgehead atoms. The van der Waals surface area contributed by atoms with Gasteiger partial charge < -0.3 is 14.2 Å². The summed E-state index contributed by atoms with van der Waals surface area (Å²) in [4.78, 5) is 0. The number of hydrogen-bond acceptors (Lipinski definition) is 3. The van der Waals surface area contributed by atoms with E-state index in [0.29, 0.717) is 13.2 Å². The maximum atomic E-state index is 5.54. The first-order chi connectivity index (χ1) is 8.85. The lowest BCUT2D eigenvalue weighted by atomic mass is 10.4. The summed E-state index contributed by atoms with van der Waals surface area (Å²) >= 11 is 0. The summed E-state index contributed by atoms with van der Waals surface area (Å²) in [5.41, 5.74) is 0. The Labute approximate surface area is 111 Å². The smallest absolute Gasteiger partial charge is 0.165 e. The third kappa shape index (κ3) is 11.1. The molecule has 0 aliphatic carbocycles. The second-order valence-electron chi connectivity index (χ2n) is 3.76. The first kappa shape index (κ1) is 16.6. The molecular formula is C15H26O3. The SMILES string of the molecule is CC/C=C/OCC(CO/C=C/CC)O/C=C/CC. The lowest BCUT2D eigenvalue weighted by Crippen LogP contribution is -2.22. The highest BCUT2D eigenvalue weighted by molar-refractivity contribution is 4.76. The highest BCUT2D eigenvalue weighted by Crippen LogP contribution is 1.99. The molecule has 0 atom stereocenters. The van der Waals surface area contributed by atoms with E-state index in [9.17, 15) is 0 Å². The summed E-state index contributed by atoms with van der Waals surface area (Å²) in [6.45, 7) is 7.18. The predicted molar refractivity (Wildman–Crippen MR) is 75.1 cm³/mol. The van der Waals surface area contributed by atoms with E-state index < -0.39 is 0 Å². The molecular weight excluding hydrogens is 228 g/mol. The van der Waals surface area contributed by atoms with Crippen molar-refractivity contribution < 1.29 is 14.2 Å². The van der Waals surface area contributed by atoms with Crippen molar-refractivity contribution in [3.63, 3.8) is 0 Å². The average molecular weight is 254 g/mol. The van der Waals surface area contributed by atoms with Gasteiger partial charge in [0.1, 0.15) is 13.2 Å². The maximum Gasteiger partial charge on any atom is 0.165 e. The van der Waals surface area contributed by atoms with Crippen LogP contribution in [-0.2, 0) is 14.2 Å². The molecule has 0 aliphatic rings. The molecule has 0 amide bonds. The Morgan fingerprint density at radius 3 is 1.61 bits per heavy atom. The van der Waals surface area contributed by atoms with Crippen LogP contribution in [0.2, 0.25) is 0 Å². The monoisotopic (exact) mass is 254 g/mol. The van der Waals surface area contributed by atoms with Gasteiger partial charge in [-0.15, -0.1) is 0 Å². The van der Waals surface area contributed by atoms with Crippen LogP contribution in [0.4, 0.5) is 0 Å². The highest BCUT2D eigenvalue weighted by atomic mass is 16.6. The zero-order valence-electron chi connectivity index (χ0n) is 11.8. The van der Waals surface area contributed by atoms with Gasteiger partial charge in [0.2, 0.25) is 0 Å². The number of hydrogen-bond donors (Lipinski definition) is 0. The van der Waals surface area contributed by atoms with E-state index in [1.165, 1.54) is 0 Å². The molecule has 104 valence electrons. The summed E-state index contributed by atoms with van der Waals surface area (Å²) in [5, 5.41) is 0. The average Bonchev–Trinajstić information content (AvgIpc) is 2.39. The fraction of sp³-hybridized carbons (Fsp3) is 0.600. The highest BCUT2D eigenvalue weighted by Gasteiger charge is 2.08. The fourth-order valence-corrected chi connectivity index (χ4v) is 1.04. The molecule has 0 heterocycles. The van der Waals surface area contributed by atoms with Crippen LogP contribution in [0.15, 0.2) is 37.0 Å². The van der Waals surface area contributed by atoms with Gasteiger partial charge in [0.05, 0.1) is 18.8 Å². The van der Waals surface area contributed by atoms with Crippen LogP contribution >= 0.6 is 0 Å². The van der Waals surface area contributed by atoms with Crippen molar-refractivity contribution in [3.05, 3.63) is 37.0 Å². The van der Waals surface area contributed by atoms with Crippen molar-refractivity contribution >= 4 is 0 Å². The minimum absolute atomic E-state index is 0.0872. The van der Waals surface area contributed by atoms with Gasteiger partial charge in [-0.05, 0) is 19.3 Å². The van der Waals surface area contributed by atoms with E-state index in [2.05, 4.69) is 20.8 Å². The van der Waals surface area contributed by atoms with Gasteiger partial charge in [0.25, 0.3) is 0 Å². The van der Waals surface area contributed by atoms with Crippen molar-refractivity contribution in [1.82, 2.24) is 0 Å². The molecule has 0 rings (SSSR count). The lowest BCUT2D eigenvalue weighted by Gasteiger charge is -2.15. The summed E-state index contributed by atoms with van der Waals surface area (Å²) in [6, 6.07) is 0. The molecule has 0 aliphatic heterocycles. The normalized spacial score (nSPS) is 12.0. The zero-order valence-corrected chi connectivity index (χ0v) is 11.8. The number of rotatable bonds is 11. The Bertz CT molecular complexity index is 226. The van der Waals surface area contributed by atoms with Crippen LogP contribution in [0.3, 0.4) is 0 Å². The first-order valence-electron chi connectivity index (χ1n) is 6.68. The van der Waals surface area contributed by atoms with Gasteiger partial charge >= 0.3 is 0 Å². The fourth-order valence-electron chi connectivity index (χ4n) is 1.04. The van der Waals surface area contributed by atoms with Crippen LogP contribution in [0, 0.1) is 0 Å². The molecule has 0 aromatic carbocycles. The molecule has 3 nitrogen and oxygen atoms in total. The molecule has 0 aromatic rings. The first-order valence-corrected chi connectivity index (χ1v) is 6.68. The lowest BCUT2D eigenvalue weighted by molar-refractivity contribution is 0.0206. The Hall–Kier alpha value is -1.38. The summed E-state index contributed by atoms with van der Waals surface area (Å²) < 4.78 is 16.3. The third-order valence-electron chi connectivity index (χ3n) is 2.02. The Morgan fingerprint density at radius 1 is 0.722 bits per heavy atom. The van der Waals surface area contributed by atoms with Gasteiger partial charge in [0, 0.05) is 0 Å². The van der Waals surface area contributed by atoms with Crippen molar-refractivity contribution in [2.24, 2.45) is 0 Å². The Morgan fingerprint density at radius 2 is 1.17 bits per heavy atom. The molecule has 3 heteroatoms. The topological polar surface area (TPSA) is 27.7 Å².